The first kappa shape index (κ1) is 28.7. The average molecular weight is 538 g/mol. The fourth-order valence-corrected chi connectivity index (χ4v) is 5.58. The van der Waals surface area contributed by atoms with Crippen molar-refractivity contribution in [1.29, 1.82) is 5.26 Å². The van der Waals surface area contributed by atoms with Crippen molar-refractivity contribution in [2.45, 2.75) is 90.4 Å². The largest absolute Gasteiger partial charge is 0.444 e. The molecule has 39 heavy (non-hydrogen) atoms. The maximum atomic E-state index is 13.4. The number of piperazine rings is 1. The zero-order valence-corrected chi connectivity index (χ0v) is 24.0. The molecule has 1 saturated carbocycles. The number of piperidine rings is 1. The number of nitrogens with one attached hydrogen (secondary N) is 1. The Kier molecular flexibility index (Phi) is 8.73. The van der Waals surface area contributed by atoms with Crippen molar-refractivity contribution in [1.82, 2.24) is 15.1 Å². The molecule has 0 radical (unpaired) electrons. The van der Waals surface area contributed by atoms with Gasteiger partial charge in [0, 0.05) is 50.2 Å². The van der Waals surface area contributed by atoms with Gasteiger partial charge in [-0.2, -0.15) is 5.26 Å². The van der Waals surface area contributed by atoms with Crippen LogP contribution in [-0.4, -0.2) is 77.6 Å². The van der Waals surface area contributed by atoms with Gasteiger partial charge >= 0.3 is 6.09 Å². The average Bonchev–Trinajstić information content (AvgIpc) is 3.74. The van der Waals surface area contributed by atoms with E-state index in [1.54, 1.807) is 4.90 Å². The zero-order valence-electron chi connectivity index (χ0n) is 24.0. The molecule has 4 atom stereocenters. The van der Waals surface area contributed by atoms with E-state index in [2.05, 4.69) is 16.3 Å². The Morgan fingerprint density at radius 2 is 1.67 bits per heavy atom. The molecule has 1 aromatic carbocycles. The molecule has 0 aromatic heterocycles. The first-order chi connectivity index (χ1) is 18.5. The molecule has 2 saturated heterocycles. The molecular formula is C30H43N5O4. The Hall–Kier alpha value is -3.28. The van der Waals surface area contributed by atoms with Crippen molar-refractivity contribution >= 4 is 23.6 Å². The number of benzene rings is 1. The minimum atomic E-state index is -0.717. The van der Waals surface area contributed by atoms with Gasteiger partial charge in [-0.05, 0) is 77.0 Å². The molecule has 1 aliphatic carbocycles. The number of likely N-dealkylation sites (tertiary alicyclic amines) is 1. The molecule has 3 fully saturated rings. The Morgan fingerprint density at radius 1 is 1.03 bits per heavy atom. The van der Waals surface area contributed by atoms with Crippen molar-refractivity contribution in [3.63, 3.8) is 0 Å². The van der Waals surface area contributed by atoms with Crippen molar-refractivity contribution in [2.75, 3.05) is 31.1 Å². The van der Waals surface area contributed by atoms with E-state index in [0.29, 0.717) is 12.3 Å². The van der Waals surface area contributed by atoms with Crippen LogP contribution in [0.5, 0.6) is 0 Å². The maximum Gasteiger partial charge on any atom is 0.411 e. The zero-order chi connectivity index (χ0) is 28.3. The molecule has 3 amide bonds. The van der Waals surface area contributed by atoms with Crippen LogP contribution in [0.15, 0.2) is 24.3 Å². The van der Waals surface area contributed by atoms with Crippen molar-refractivity contribution in [3.8, 4) is 6.07 Å². The highest BCUT2D eigenvalue weighted by Crippen LogP contribution is 2.32. The molecular weight excluding hydrogens is 494 g/mol. The van der Waals surface area contributed by atoms with Gasteiger partial charge in [0.25, 0.3) is 0 Å². The molecule has 2 aliphatic heterocycles. The summed E-state index contributed by atoms with van der Waals surface area (Å²) in [4.78, 5) is 44.6. The second-order valence-corrected chi connectivity index (χ2v) is 12.4. The summed E-state index contributed by atoms with van der Waals surface area (Å²) in [6.07, 6.45) is 3.56. The molecule has 2 heterocycles. The van der Waals surface area contributed by atoms with Crippen LogP contribution in [0.25, 0.3) is 0 Å². The van der Waals surface area contributed by atoms with E-state index in [1.165, 1.54) is 0 Å². The number of ether oxygens (including phenoxy) is 1. The van der Waals surface area contributed by atoms with Gasteiger partial charge in [0.05, 0.1) is 6.07 Å². The van der Waals surface area contributed by atoms with Gasteiger partial charge in [0.1, 0.15) is 17.7 Å². The van der Waals surface area contributed by atoms with Crippen LogP contribution in [0.3, 0.4) is 0 Å². The third kappa shape index (κ3) is 7.23. The van der Waals surface area contributed by atoms with Crippen LogP contribution < -0.4 is 10.2 Å². The predicted molar refractivity (Wildman–Crippen MR) is 149 cm³/mol. The van der Waals surface area contributed by atoms with E-state index in [4.69, 9.17) is 4.74 Å². The molecule has 1 N–H and O–H groups in total. The summed E-state index contributed by atoms with van der Waals surface area (Å²) >= 11 is 0. The Balaban J connectivity index is 1.35. The van der Waals surface area contributed by atoms with E-state index in [9.17, 15) is 19.6 Å². The highest BCUT2D eigenvalue weighted by Gasteiger charge is 2.43. The number of amides is 3. The third-order valence-corrected chi connectivity index (χ3v) is 7.96. The topological polar surface area (TPSA) is 106 Å². The maximum absolute atomic E-state index is 13.4. The predicted octanol–water partition coefficient (Wildman–Crippen LogP) is 3.72. The van der Waals surface area contributed by atoms with E-state index >= 15 is 0 Å². The van der Waals surface area contributed by atoms with Crippen LogP contribution in [0.2, 0.25) is 0 Å². The Morgan fingerprint density at radius 3 is 2.23 bits per heavy atom. The second-order valence-electron chi connectivity index (χ2n) is 12.4. The summed E-state index contributed by atoms with van der Waals surface area (Å²) in [5.74, 6) is 0.199. The number of carbonyl (C=O) groups is 3. The molecule has 0 spiro atoms. The van der Waals surface area contributed by atoms with Gasteiger partial charge < -0.3 is 19.9 Å². The number of anilines is 1. The molecule has 0 unspecified atom stereocenters. The van der Waals surface area contributed by atoms with Gasteiger partial charge in [-0.25, -0.2) is 4.79 Å². The SMILES string of the molecule is C[C@@H]1CC[C@H](C)N(C(=O)OC(C)(C)C)[C@@H]1C(=O)N[C@H](C#N)Cc1ccc(N2CCN(C(=O)C3CC3)CC2)cc1. The molecule has 9 nitrogen and oxygen atoms in total. The third-order valence-electron chi connectivity index (χ3n) is 7.96. The Bertz CT molecular complexity index is 1080. The van der Waals surface area contributed by atoms with Gasteiger partial charge in [0.2, 0.25) is 11.8 Å². The normalized spacial score (nSPS) is 24.5. The van der Waals surface area contributed by atoms with E-state index in [0.717, 1.165) is 63.1 Å². The van der Waals surface area contributed by atoms with Crippen molar-refractivity contribution in [2.24, 2.45) is 11.8 Å². The fraction of sp³-hybridized carbons (Fsp3) is 0.667. The lowest BCUT2D eigenvalue weighted by molar-refractivity contribution is -0.133. The quantitative estimate of drug-likeness (QED) is 0.593. The van der Waals surface area contributed by atoms with E-state index in [-0.39, 0.29) is 23.8 Å². The smallest absolute Gasteiger partial charge is 0.411 e. The first-order valence-corrected chi connectivity index (χ1v) is 14.3. The van der Waals surface area contributed by atoms with Crippen LogP contribution in [0.1, 0.15) is 65.9 Å². The van der Waals surface area contributed by atoms with E-state index < -0.39 is 23.8 Å². The molecule has 3 aliphatic rings. The summed E-state index contributed by atoms with van der Waals surface area (Å²) in [5.41, 5.74) is 1.37. The number of nitrogens with zero attached hydrogens (tertiary/aromatic N) is 4. The van der Waals surface area contributed by atoms with Crippen LogP contribution in [0.4, 0.5) is 10.5 Å². The minimum Gasteiger partial charge on any atom is -0.444 e. The standard InChI is InChI=1S/C30H43N5O4/c1-20-6-7-21(2)35(29(38)39-30(3,4)5)26(20)27(36)32-24(19-31)18-22-8-12-25(13-9-22)33-14-16-34(17-15-33)28(37)23-10-11-23/h8-9,12-13,20-21,23-24,26H,6-7,10-11,14-18H2,1-5H3,(H,32,36)/t20-,21+,24+,26+/m1/s1. The van der Waals surface area contributed by atoms with Crippen molar-refractivity contribution in [3.05, 3.63) is 29.8 Å². The fourth-order valence-electron chi connectivity index (χ4n) is 5.58. The van der Waals surface area contributed by atoms with Gasteiger partial charge in [-0.3, -0.25) is 14.5 Å². The van der Waals surface area contributed by atoms with Gasteiger partial charge in [-0.1, -0.05) is 19.1 Å². The van der Waals surface area contributed by atoms with Gasteiger partial charge in [0.15, 0.2) is 0 Å². The van der Waals surface area contributed by atoms with Crippen LogP contribution in [0, 0.1) is 23.2 Å². The number of rotatable bonds is 6. The lowest BCUT2D eigenvalue weighted by Crippen LogP contribution is -2.60. The number of hydrogen-bond donors (Lipinski definition) is 1. The Labute approximate surface area is 232 Å². The summed E-state index contributed by atoms with van der Waals surface area (Å²) in [7, 11) is 0. The minimum absolute atomic E-state index is 0.0487. The first-order valence-electron chi connectivity index (χ1n) is 14.3. The number of nitriles is 1. The van der Waals surface area contributed by atoms with Crippen LogP contribution in [-0.2, 0) is 20.7 Å². The molecule has 212 valence electrons. The monoisotopic (exact) mass is 537 g/mol. The lowest BCUT2D eigenvalue weighted by atomic mass is 9.86. The second kappa shape index (κ2) is 11.8. The highest BCUT2D eigenvalue weighted by atomic mass is 16.6. The van der Waals surface area contributed by atoms with Crippen LogP contribution >= 0.6 is 0 Å². The molecule has 1 aromatic rings. The van der Waals surface area contributed by atoms with Crippen molar-refractivity contribution < 1.29 is 19.1 Å². The van der Waals surface area contributed by atoms with Gasteiger partial charge in [-0.15, -0.1) is 0 Å². The number of carbonyl (C=O) groups excluding carboxylic acids is 3. The molecule has 4 rings (SSSR count). The summed E-state index contributed by atoms with van der Waals surface area (Å²) < 4.78 is 5.61. The highest BCUT2D eigenvalue weighted by molar-refractivity contribution is 5.87. The van der Waals surface area contributed by atoms with E-state index in [1.807, 2.05) is 63.8 Å². The summed E-state index contributed by atoms with van der Waals surface area (Å²) in [5, 5.41) is 12.7. The lowest BCUT2D eigenvalue weighted by Gasteiger charge is -2.43. The summed E-state index contributed by atoms with van der Waals surface area (Å²) in [6, 6.07) is 8.75. The number of hydrogen-bond acceptors (Lipinski definition) is 6. The molecule has 0 bridgehead atoms. The molecule has 9 heteroatoms. The summed E-state index contributed by atoms with van der Waals surface area (Å²) in [6.45, 7) is 12.4.